The molecule has 0 radical (unpaired) electrons. The first-order valence-electron chi connectivity index (χ1n) is 6.38. The average molecular weight is 243 g/mol. The van der Waals surface area contributed by atoms with Crippen LogP contribution in [0.5, 0.6) is 0 Å². The molecular weight excluding hydrogens is 226 g/mol. The topological polar surface area (TPSA) is 55.6 Å². The zero-order valence-corrected chi connectivity index (χ0v) is 10.7. The van der Waals surface area contributed by atoms with E-state index in [9.17, 15) is 0 Å². The lowest BCUT2D eigenvalue weighted by molar-refractivity contribution is 0.532. The van der Waals surface area contributed by atoms with Gasteiger partial charge in [-0.15, -0.1) is 0 Å². The summed E-state index contributed by atoms with van der Waals surface area (Å²) < 4.78 is 1.93. The van der Waals surface area contributed by atoms with Gasteiger partial charge in [-0.1, -0.05) is 0 Å². The molecule has 18 heavy (non-hydrogen) atoms. The van der Waals surface area contributed by atoms with Gasteiger partial charge in [-0.05, 0) is 33.1 Å². The van der Waals surface area contributed by atoms with E-state index in [1.807, 2.05) is 17.1 Å². The molecule has 0 fully saturated rings. The molecule has 94 valence electrons. The number of nitrogens with zero attached hydrogens (tertiary/aromatic N) is 4. The summed E-state index contributed by atoms with van der Waals surface area (Å²) in [4.78, 5) is 8.66. The number of anilines is 2. The maximum atomic E-state index is 4.34. The third-order valence-electron chi connectivity index (χ3n) is 3.27. The van der Waals surface area contributed by atoms with Gasteiger partial charge in [0, 0.05) is 23.5 Å². The van der Waals surface area contributed by atoms with Gasteiger partial charge in [0.05, 0.1) is 11.9 Å². The summed E-state index contributed by atoms with van der Waals surface area (Å²) in [5, 5.41) is 7.66. The van der Waals surface area contributed by atoms with Crippen LogP contribution in [-0.2, 0) is 12.8 Å². The second-order valence-corrected chi connectivity index (χ2v) is 4.93. The number of nitrogens with one attached hydrogen (secondary N) is 1. The Morgan fingerprint density at radius 1 is 1.28 bits per heavy atom. The van der Waals surface area contributed by atoms with E-state index >= 15 is 0 Å². The third kappa shape index (κ3) is 1.96. The van der Waals surface area contributed by atoms with E-state index < -0.39 is 0 Å². The van der Waals surface area contributed by atoms with Crippen molar-refractivity contribution in [3.63, 3.8) is 0 Å². The molecule has 0 atom stereocenters. The number of aromatic nitrogens is 4. The van der Waals surface area contributed by atoms with Crippen LogP contribution in [-0.4, -0.2) is 19.7 Å². The number of rotatable bonds is 3. The Labute approximate surface area is 106 Å². The summed E-state index contributed by atoms with van der Waals surface area (Å²) in [5.41, 5.74) is 3.43. The van der Waals surface area contributed by atoms with Crippen molar-refractivity contribution in [3.05, 3.63) is 30.0 Å². The van der Waals surface area contributed by atoms with Crippen LogP contribution >= 0.6 is 0 Å². The van der Waals surface area contributed by atoms with Gasteiger partial charge in [0.2, 0.25) is 0 Å². The van der Waals surface area contributed by atoms with E-state index in [-0.39, 0.29) is 0 Å². The highest BCUT2D eigenvalue weighted by Gasteiger charge is 2.17. The van der Waals surface area contributed by atoms with E-state index in [2.05, 4.69) is 34.2 Å². The quantitative estimate of drug-likeness (QED) is 0.899. The molecule has 0 unspecified atom stereocenters. The number of hydrogen-bond acceptors (Lipinski definition) is 4. The molecule has 1 aliphatic rings. The molecule has 0 bridgehead atoms. The summed E-state index contributed by atoms with van der Waals surface area (Å²) >= 11 is 0. The normalized spacial score (nSPS) is 13.9. The van der Waals surface area contributed by atoms with Crippen molar-refractivity contribution in [2.24, 2.45) is 0 Å². The molecular formula is C13H17N5. The molecule has 0 aromatic carbocycles. The lowest BCUT2D eigenvalue weighted by Gasteiger charge is -2.07. The molecule has 3 rings (SSSR count). The van der Waals surface area contributed by atoms with Gasteiger partial charge in [-0.2, -0.15) is 5.10 Å². The Morgan fingerprint density at radius 3 is 2.94 bits per heavy atom. The highest BCUT2D eigenvalue weighted by Crippen LogP contribution is 2.27. The van der Waals surface area contributed by atoms with Crippen molar-refractivity contribution >= 4 is 11.5 Å². The third-order valence-corrected chi connectivity index (χ3v) is 3.27. The SMILES string of the molecule is CC(C)n1cc(Nc2ncnc3c2CCC3)cn1. The molecule has 2 aromatic heterocycles. The van der Waals surface area contributed by atoms with Gasteiger partial charge < -0.3 is 5.32 Å². The average Bonchev–Trinajstić information content (AvgIpc) is 2.97. The van der Waals surface area contributed by atoms with Gasteiger partial charge in [0.15, 0.2) is 0 Å². The van der Waals surface area contributed by atoms with E-state index in [0.717, 1.165) is 24.3 Å². The minimum atomic E-state index is 0.372. The van der Waals surface area contributed by atoms with Crippen LogP contribution in [0.4, 0.5) is 11.5 Å². The molecule has 0 aliphatic heterocycles. The fourth-order valence-electron chi connectivity index (χ4n) is 2.29. The Morgan fingerprint density at radius 2 is 2.17 bits per heavy atom. The van der Waals surface area contributed by atoms with Crippen LogP contribution in [0.1, 0.15) is 37.6 Å². The number of fused-ring (bicyclic) bond motifs is 1. The molecule has 1 aliphatic carbocycles. The molecule has 5 nitrogen and oxygen atoms in total. The standard InChI is InChI=1S/C13H17N5/c1-9(2)18-7-10(6-16-18)17-13-11-4-3-5-12(11)14-8-15-13/h6-9H,3-5H2,1-2H3,(H,14,15,17). The molecule has 2 aromatic rings. The summed E-state index contributed by atoms with van der Waals surface area (Å²) in [6.07, 6.45) is 8.79. The minimum Gasteiger partial charge on any atom is -0.337 e. The lowest BCUT2D eigenvalue weighted by atomic mass is 10.2. The summed E-state index contributed by atoms with van der Waals surface area (Å²) in [7, 11) is 0. The highest BCUT2D eigenvalue weighted by atomic mass is 15.3. The Balaban J connectivity index is 1.86. The highest BCUT2D eigenvalue weighted by molar-refractivity contribution is 5.59. The zero-order valence-electron chi connectivity index (χ0n) is 10.7. The predicted molar refractivity (Wildman–Crippen MR) is 70.0 cm³/mol. The van der Waals surface area contributed by atoms with Crippen LogP contribution in [0, 0.1) is 0 Å². The van der Waals surface area contributed by atoms with E-state index in [0.29, 0.717) is 6.04 Å². The second-order valence-electron chi connectivity index (χ2n) is 4.93. The van der Waals surface area contributed by atoms with Crippen molar-refractivity contribution in [1.29, 1.82) is 0 Å². The summed E-state index contributed by atoms with van der Waals surface area (Å²) in [6.45, 7) is 4.22. The first-order chi connectivity index (χ1) is 8.74. The first kappa shape index (κ1) is 11.2. The molecule has 5 heteroatoms. The first-order valence-corrected chi connectivity index (χ1v) is 6.38. The van der Waals surface area contributed by atoms with Gasteiger partial charge in [-0.25, -0.2) is 9.97 Å². The number of aryl methyl sites for hydroxylation is 1. The molecule has 0 spiro atoms. The van der Waals surface area contributed by atoms with Crippen LogP contribution in [0.3, 0.4) is 0 Å². The van der Waals surface area contributed by atoms with E-state index in [1.165, 1.54) is 17.7 Å². The summed E-state index contributed by atoms with van der Waals surface area (Å²) in [5.74, 6) is 0.931. The maximum Gasteiger partial charge on any atom is 0.137 e. The maximum absolute atomic E-state index is 4.34. The van der Waals surface area contributed by atoms with Crippen molar-refractivity contribution in [2.75, 3.05) is 5.32 Å². The van der Waals surface area contributed by atoms with Crippen molar-refractivity contribution in [1.82, 2.24) is 19.7 Å². The molecule has 0 amide bonds. The van der Waals surface area contributed by atoms with Gasteiger partial charge in [0.1, 0.15) is 12.1 Å². The molecule has 0 saturated heterocycles. The predicted octanol–water partition coefficient (Wildman–Crippen LogP) is 2.49. The Hall–Kier alpha value is -1.91. The molecule has 1 N–H and O–H groups in total. The lowest BCUT2D eigenvalue weighted by Crippen LogP contribution is -2.01. The fraction of sp³-hybridized carbons (Fsp3) is 0.462. The fourth-order valence-corrected chi connectivity index (χ4v) is 2.29. The smallest absolute Gasteiger partial charge is 0.137 e. The van der Waals surface area contributed by atoms with Gasteiger partial charge >= 0.3 is 0 Å². The van der Waals surface area contributed by atoms with E-state index in [1.54, 1.807) is 6.33 Å². The van der Waals surface area contributed by atoms with Crippen molar-refractivity contribution < 1.29 is 0 Å². The second kappa shape index (κ2) is 4.40. The monoisotopic (exact) mass is 243 g/mol. The van der Waals surface area contributed by atoms with Crippen LogP contribution < -0.4 is 5.32 Å². The Kier molecular flexibility index (Phi) is 2.74. The van der Waals surface area contributed by atoms with Crippen LogP contribution in [0.2, 0.25) is 0 Å². The minimum absolute atomic E-state index is 0.372. The van der Waals surface area contributed by atoms with Crippen molar-refractivity contribution in [3.8, 4) is 0 Å². The number of hydrogen-bond donors (Lipinski definition) is 1. The molecule has 0 saturated carbocycles. The van der Waals surface area contributed by atoms with Crippen LogP contribution in [0.15, 0.2) is 18.7 Å². The zero-order chi connectivity index (χ0) is 12.5. The van der Waals surface area contributed by atoms with Gasteiger partial charge in [-0.3, -0.25) is 4.68 Å². The largest absolute Gasteiger partial charge is 0.337 e. The van der Waals surface area contributed by atoms with E-state index in [4.69, 9.17) is 0 Å². The van der Waals surface area contributed by atoms with Gasteiger partial charge in [0.25, 0.3) is 0 Å². The Bertz CT molecular complexity index is 558. The van der Waals surface area contributed by atoms with Crippen LogP contribution in [0.25, 0.3) is 0 Å². The van der Waals surface area contributed by atoms with Crippen molar-refractivity contribution in [2.45, 2.75) is 39.2 Å². The summed E-state index contributed by atoms with van der Waals surface area (Å²) in [6, 6.07) is 0.372. The molecule has 2 heterocycles.